The summed E-state index contributed by atoms with van der Waals surface area (Å²) in [4.78, 5) is 14.0. The van der Waals surface area contributed by atoms with E-state index in [1.54, 1.807) is 20.4 Å². The third kappa shape index (κ3) is 6.25. The van der Waals surface area contributed by atoms with E-state index in [1.165, 1.54) is 10.6 Å². The van der Waals surface area contributed by atoms with Crippen molar-refractivity contribution in [2.45, 2.75) is 32.4 Å². The Kier molecular flexibility index (Phi) is 8.10. The van der Waals surface area contributed by atoms with Crippen LogP contribution >= 0.6 is 0 Å². The van der Waals surface area contributed by atoms with Crippen LogP contribution in [-0.2, 0) is 16.6 Å². The highest BCUT2D eigenvalue weighted by molar-refractivity contribution is 7.92. The normalized spacial score (nSPS) is 14.6. The summed E-state index contributed by atoms with van der Waals surface area (Å²) in [6.07, 6.45) is 7.20. The SMILES string of the molecule is COc1cc(Nc2ncc3ccn(Cc4cc(C)ccc4N(C)S(C)(=O)=O)c3n2)ccc1N1CCC(N(C)C)CC1. The topological polar surface area (TPSA) is 95.8 Å². The van der Waals surface area contributed by atoms with Crippen molar-refractivity contribution in [1.82, 2.24) is 19.4 Å². The molecule has 4 aromatic rings. The number of sulfonamides is 1. The van der Waals surface area contributed by atoms with Gasteiger partial charge in [0.05, 0.1) is 31.3 Å². The molecule has 0 amide bonds. The highest BCUT2D eigenvalue weighted by atomic mass is 32.2. The Morgan fingerprint density at radius 3 is 2.51 bits per heavy atom. The van der Waals surface area contributed by atoms with E-state index in [1.807, 2.05) is 54.1 Å². The van der Waals surface area contributed by atoms with Crippen LogP contribution in [0.1, 0.15) is 24.0 Å². The first-order valence-electron chi connectivity index (χ1n) is 13.7. The summed E-state index contributed by atoms with van der Waals surface area (Å²) in [5, 5.41) is 4.23. The number of methoxy groups -OCH3 is 1. The van der Waals surface area contributed by atoms with Gasteiger partial charge in [0.1, 0.15) is 11.4 Å². The summed E-state index contributed by atoms with van der Waals surface area (Å²) in [5.74, 6) is 1.28. The number of anilines is 4. The number of ether oxygens (including phenoxy) is 1. The summed E-state index contributed by atoms with van der Waals surface area (Å²) in [5.41, 5.74) is 5.27. The standard InChI is InChI=1S/C30H39N7O3S/c1-21-7-9-26(35(4)41(6,38)39)23(17-21)20-37-14-11-22-19-31-30(33-29(22)37)32-24-8-10-27(28(18-24)40-5)36-15-12-25(13-16-36)34(2)3/h7-11,14,17-19,25H,12-13,15-16,20H2,1-6H3,(H,31,32,33). The minimum atomic E-state index is -3.40. The maximum atomic E-state index is 12.3. The molecule has 1 N–H and O–H groups in total. The molecule has 0 saturated carbocycles. The van der Waals surface area contributed by atoms with E-state index >= 15 is 0 Å². The molecule has 5 rings (SSSR count). The summed E-state index contributed by atoms with van der Waals surface area (Å²) in [6.45, 7) is 4.44. The fraction of sp³-hybridized carbons (Fsp3) is 0.400. The Labute approximate surface area is 242 Å². The number of benzene rings is 2. The van der Waals surface area contributed by atoms with Gasteiger partial charge in [-0.3, -0.25) is 4.31 Å². The molecule has 11 heteroatoms. The van der Waals surface area contributed by atoms with Gasteiger partial charge >= 0.3 is 0 Å². The second-order valence-electron chi connectivity index (χ2n) is 11.0. The molecule has 0 atom stereocenters. The maximum absolute atomic E-state index is 12.3. The molecule has 0 unspecified atom stereocenters. The number of aryl methyl sites for hydroxylation is 1. The Morgan fingerprint density at radius 1 is 1.07 bits per heavy atom. The van der Waals surface area contributed by atoms with Crippen molar-refractivity contribution in [1.29, 1.82) is 0 Å². The predicted molar refractivity (Wildman–Crippen MR) is 166 cm³/mol. The van der Waals surface area contributed by atoms with Crippen LogP contribution in [0.3, 0.4) is 0 Å². The average molecular weight is 578 g/mol. The second-order valence-corrected chi connectivity index (χ2v) is 13.0. The van der Waals surface area contributed by atoms with Crippen molar-refractivity contribution < 1.29 is 13.2 Å². The molecule has 1 fully saturated rings. The van der Waals surface area contributed by atoms with Gasteiger partial charge in [-0.1, -0.05) is 17.7 Å². The molecule has 1 aliphatic heterocycles. The molecule has 0 spiro atoms. The van der Waals surface area contributed by atoms with E-state index in [-0.39, 0.29) is 0 Å². The van der Waals surface area contributed by atoms with Crippen LogP contribution in [0.25, 0.3) is 11.0 Å². The van der Waals surface area contributed by atoms with Crippen LogP contribution in [0, 0.1) is 6.92 Å². The number of hydrogen-bond acceptors (Lipinski definition) is 8. The van der Waals surface area contributed by atoms with Crippen LogP contribution in [-0.4, -0.2) is 81.5 Å². The van der Waals surface area contributed by atoms with Crippen molar-refractivity contribution >= 4 is 44.1 Å². The van der Waals surface area contributed by atoms with Gasteiger partial charge in [0.15, 0.2) is 0 Å². The van der Waals surface area contributed by atoms with E-state index in [0.717, 1.165) is 65.2 Å². The van der Waals surface area contributed by atoms with E-state index in [0.29, 0.717) is 24.2 Å². The number of nitrogens with one attached hydrogen (secondary N) is 1. The molecule has 10 nitrogen and oxygen atoms in total. The fourth-order valence-corrected chi connectivity index (χ4v) is 5.97. The van der Waals surface area contributed by atoms with E-state index in [4.69, 9.17) is 9.72 Å². The van der Waals surface area contributed by atoms with Crippen LogP contribution in [0.4, 0.5) is 23.0 Å². The van der Waals surface area contributed by atoms with Crippen LogP contribution < -0.4 is 19.3 Å². The van der Waals surface area contributed by atoms with Crippen molar-refractivity contribution in [2.24, 2.45) is 0 Å². The van der Waals surface area contributed by atoms with E-state index in [2.05, 4.69) is 40.3 Å². The third-order valence-electron chi connectivity index (χ3n) is 7.89. The average Bonchev–Trinajstić information content (AvgIpc) is 3.34. The zero-order chi connectivity index (χ0) is 29.3. The lowest BCUT2D eigenvalue weighted by molar-refractivity contribution is 0.249. The lowest BCUT2D eigenvalue weighted by Gasteiger charge is -2.37. The number of fused-ring (bicyclic) bond motifs is 1. The molecule has 1 aliphatic rings. The van der Waals surface area contributed by atoms with Gasteiger partial charge in [-0.15, -0.1) is 0 Å². The molecule has 2 aromatic heterocycles. The molecular weight excluding hydrogens is 538 g/mol. The summed E-state index contributed by atoms with van der Waals surface area (Å²) in [7, 11) is 4.17. The van der Waals surface area contributed by atoms with Crippen LogP contribution in [0.5, 0.6) is 5.75 Å². The van der Waals surface area contributed by atoms with Crippen molar-refractivity contribution in [3.8, 4) is 5.75 Å². The lowest BCUT2D eigenvalue weighted by atomic mass is 10.0. The zero-order valence-corrected chi connectivity index (χ0v) is 25.4. The highest BCUT2D eigenvalue weighted by Crippen LogP contribution is 2.34. The van der Waals surface area contributed by atoms with E-state index < -0.39 is 10.0 Å². The van der Waals surface area contributed by atoms with Crippen LogP contribution in [0.2, 0.25) is 0 Å². The Morgan fingerprint density at radius 2 is 1.83 bits per heavy atom. The molecule has 41 heavy (non-hydrogen) atoms. The van der Waals surface area contributed by atoms with Gasteiger partial charge in [-0.05, 0) is 63.7 Å². The smallest absolute Gasteiger partial charge is 0.232 e. The monoisotopic (exact) mass is 577 g/mol. The third-order valence-corrected chi connectivity index (χ3v) is 9.08. The summed E-state index contributed by atoms with van der Waals surface area (Å²) >= 11 is 0. The maximum Gasteiger partial charge on any atom is 0.232 e. The number of nitrogens with zero attached hydrogens (tertiary/aromatic N) is 6. The summed E-state index contributed by atoms with van der Waals surface area (Å²) in [6, 6.07) is 14.5. The lowest BCUT2D eigenvalue weighted by Crippen LogP contribution is -2.42. The molecule has 0 radical (unpaired) electrons. The van der Waals surface area contributed by atoms with Gasteiger partial charge in [0.25, 0.3) is 0 Å². The minimum Gasteiger partial charge on any atom is -0.495 e. The quantitative estimate of drug-likeness (QED) is 0.312. The molecule has 218 valence electrons. The largest absolute Gasteiger partial charge is 0.495 e. The first kappa shape index (κ1) is 28.7. The fourth-order valence-electron chi connectivity index (χ4n) is 5.44. The highest BCUT2D eigenvalue weighted by Gasteiger charge is 2.23. The number of piperidine rings is 1. The first-order chi connectivity index (χ1) is 19.5. The molecule has 0 aliphatic carbocycles. The van der Waals surface area contributed by atoms with Gasteiger partial charge in [-0.25, -0.2) is 13.4 Å². The molecule has 1 saturated heterocycles. The van der Waals surface area contributed by atoms with Gasteiger partial charge in [0.2, 0.25) is 16.0 Å². The molecular formula is C30H39N7O3S. The second kappa shape index (κ2) is 11.6. The van der Waals surface area contributed by atoms with Crippen molar-refractivity contribution in [3.63, 3.8) is 0 Å². The Bertz CT molecular complexity index is 1640. The molecule has 0 bridgehead atoms. The van der Waals surface area contributed by atoms with Gasteiger partial charge in [-0.2, -0.15) is 4.98 Å². The van der Waals surface area contributed by atoms with Crippen molar-refractivity contribution in [3.05, 3.63) is 66.0 Å². The predicted octanol–water partition coefficient (Wildman–Crippen LogP) is 4.47. The van der Waals surface area contributed by atoms with Crippen molar-refractivity contribution in [2.75, 3.05) is 62.1 Å². The molecule has 2 aromatic carbocycles. The Balaban J connectivity index is 1.38. The number of aromatic nitrogens is 3. The Hall–Kier alpha value is -3.83. The molecule has 3 heterocycles. The van der Waals surface area contributed by atoms with Gasteiger partial charge in [0, 0.05) is 55.7 Å². The minimum absolute atomic E-state index is 0.462. The first-order valence-corrected chi connectivity index (χ1v) is 15.6. The number of rotatable bonds is 9. The van der Waals surface area contributed by atoms with Gasteiger partial charge < -0.3 is 24.4 Å². The van der Waals surface area contributed by atoms with E-state index in [9.17, 15) is 8.42 Å². The summed E-state index contributed by atoms with van der Waals surface area (Å²) < 4.78 is 33.6. The number of hydrogen-bond donors (Lipinski definition) is 1. The van der Waals surface area contributed by atoms with Crippen LogP contribution in [0.15, 0.2) is 54.9 Å². The zero-order valence-electron chi connectivity index (χ0n) is 24.6.